The summed E-state index contributed by atoms with van der Waals surface area (Å²) in [4.78, 5) is 11.2. The van der Waals surface area contributed by atoms with Crippen molar-refractivity contribution in [2.24, 2.45) is 0 Å². The van der Waals surface area contributed by atoms with Crippen LogP contribution in [0.5, 0.6) is 0 Å². The van der Waals surface area contributed by atoms with Gasteiger partial charge >= 0.3 is 5.97 Å². The second kappa shape index (κ2) is 4.77. The number of carbonyl (C=O) groups is 1. The first-order valence-corrected chi connectivity index (χ1v) is 5.74. The quantitative estimate of drug-likeness (QED) is 0.821. The van der Waals surface area contributed by atoms with Gasteiger partial charge in [-0.3, -0.25) is 0 Å². The molecular formula is C13H10O2S. The molecule has 80 valence electrons. The minimum Gasteiger partial charge on any atom is -0.478 e. The molecule has 0 fully saturated rings. The Labute approximate surface area is 97.5 Å². The van der Waals surface area contributed by atoms with Crippen molar-refractivity contribution in [3.05, 3.63) is 58.3 Å². The van der Waals surface area contributed by atoms with Crippen LogP contribution < -0.4 is 0 Å². The number of carboxylic acids is 1. The third-order valence-corrected chi connectivity index (χ3v) is 2.87. The molecule has 0 unspecified atom stereocenters. The van der Waals surface area contributed by atoms with Crippen LogP contribution in [0.4, 0.5) is 0 Å². The fourth-order valence-electron chi connectivity index (χ4n) is 1.41. The maximum absolute atomic E-state index is 11.2. The Morgan fingerprint density at radius 1 is 1.19 bits per heavy atom. The molecule has 0 aliphatic heterocycles. The van der Waals surface area contributed by atoms with E-state index in [0.29, 0.717) is 5.57 Å². The molecule has 0 saturated heterocycles. The number of benzene rings is 1. The van der Waals surface area contributed by atoms with E-state index in [-0.39, 0.29) is 0 Å². The Hall–Kier alpha value is -1.87. The molecule has 0 spiro atoms. The van der Waals surface area contributed by atoms with Crippen molar-refractivity contribution in [3.63, 3.8) is 0 Å². The second-order valence-electron chi connectivity index (χ2n) is 3.29. The molecule has 0 aliphatic carbocycles. The fraction of sp³-hybridized carbons (Fsp3) is 0. The number of thiophene rings is 1. The Bertz CT molecular complexity index is 498. The standard InChI is InChI=1S/C13H10O2S/c14-13(15)12(8-10-6-7-16-9-10)11-4-2-1-3-5-11/h1-9H,(H,14,15). The zero-order valence-corrected chi connectivity index (χ0v) is 9.28. The van der Waals surface area contributed by atoms with Crippen molar-refractivity contribution in [2.75, 3.05) is 0 Å². The Balaban J connectivity index is 2.43. The predicted octanol–water partition coefficient (Wildman–Crippen LogP) is 3.37. The summed E-state index contributed by atoms with van der Waals surface area (Å²) < 4.78 is 0. The van der Waals surface area contributed by atoms with Gasteiger partial charge in [-0.25, -0.2) is 4.79 Å². The molecule has 1 aromatic carbocycles. The first-order valence-electron chi connectivity index (χ1n) is 4.80. The molecule has 0 amide bonds. The zero-order chi connectivity index (χ0) is 11.4. The molecule has 1 aromatic heterocycles. The van der Waals surface area contributed by atoms with Crippen LogP contribution in [0, 0.1) is 0 Å². The molecule has 3 heteroatoms. The van der Waals surface area contributed by atoms with Crippen LogP contribution >= 0.6 is 11.3 Å². The highest BCUT2D eigenvalue weighted by atomic mass is 32.1. The Morgan fingerprint density at radius 3 is 2.50 bits per heavy atom. The highest BCUT2D eigenvalue weighted by Crippen LogP contribution is 2.19. The molecule has 2 aromatic rings. The van der Waals surface area contributed by atoms with Gasteiger partial charge in [-0.1, -0.05) is 30.3 Å². The molecule has 0 atom stereocenters. The maximum Gasteiger partial charge on any atom is 0.336 e. The molecular weight excluding hydrogens is 220 g/mol. The predicted molar refractivity (Wildman–Crippen MR) is 66.3 cm³/mol. The minimum absolute atomic E-state index is 0.319. The van der Waals surface area contributed by atoms with E-state index < -0.39 is 5.97 Å². The van der Waals surface area contributed by atoms with Gasteiger partial charge in [0.25, 0.3) is 0 Å². The smallest absolute Gasteiger partial charge is 0.336 e. The topological polar surface area (TPSA) is 37.3 Å². The lowest BCUT2D eigenvalue weighted by Gasteiger charge is -2.01. The molecule has 2 rings (SSSR count). The molecule has 0 bridgehead atoms. The second-order valence-corrected chi connectivity index (χ2v) is 4.07. The molecule has 0 saturated carbocycles. The lowest BCUT2D eigenvalue weighted by atomic mass is 10.0. The van der Waals surface area contributed by atoms with E-state index in [9.17, 15) is 4.79 Å². The normalized spacial score (nSPS) is 11.4. The third-order valence-electron chi connectivity index (χ3n) is 2.17. The summed E-state index contributed by atoms with van der Waals surface area (Å²) in [7, 11) is 0. The highest BCUT2D eigenvalue weighted by Gasteiger charge is 2.09. The van der Waals surface area contributed by atoms with E-state index in [0.717, 1.165) is 11.1 Å². The van der Waals surface area contributed by atoms with Crippen LogP contribution in [-0.2, 0) is 4.79 Å². The lowest BCUT2D eigenvalue weighted by Crippen LogP contribution is -1.98. The van der Waals surface area contributed by atoms with Gasteiger partial charge in [0, 0.05) is 0 Å². The van der Waals surface area contributed by atoms with E-state index in [1.165, 1.54) is 0 Å². The molecule has 1 heterocycles. The van der Waals surface area contributed by atoms with Crippen molar-refractivity contribution in [3.8, 4) is 0 Å². The van der Waals surface area contributed by atoms with Crippen LogP contribution in [0.1, 0.15) is 11.1 Å². The summed E-state index contributed by atoms with van der Waals surface area (Å²) in [5.74, 6) is -0.905. The zero-order valence-electron chi connectivity index (χ0n) is 8.46. The maximum atomic E-state index is 11.2. The molecule has 2 nitrogen and oxygen atoms in total. The Kier molecular flexibility index (Phi) is 3.17. The summed E-state index contributed by atoms with van der Waals surface area (Å²) in [6, 6.07) is 11.0. The minimum atomic E-state index is -0.905. The fourth-order valence-corrected chi connectivity index (χ4v) is 2.03. The average molecular weight is 230 g/mol. The summed E-state index contributed by atoms with van der Waals surface area (Å²) in [5.41, 5.74) is 1.96. The molecule has 0 radical (unpaired) electrons. The number of carboxylic acid groups (broad SMARTS) is 1. The SMILES string of the molecule is O=C(O)C(=Cc1ccsc1)c1ccccc1. The van der Waals surface area contributed by atoms with Crippen molar-refractivity contribution in [1.29, 1.82) is 0 Å². The number of aliphatic carboxylic acids is 1. The van der Waals surface area contributed by atoms with E-state index in [2.05, 4.69) is 0 Å². The van der Waals surface area contributed by atoms with Gasteiger partial charge in [-0.2, -0.15) is 11.3 Å². The van der Waals surface area contributed by atoms with Crippen molar-refractivity contribution >= 4 is 29.0 Å². The van der Waals surface area contributed by atoms with Gasteiger partial charge in [0.1, 0.15) is 0 Å². The van der Waals surface area contributed by atoms with Crippen LogP contribution in [0.2, 0.25) is 0 Å². The van der Waals surface area contributed by atoms with Crippen LogP contribution in [0.15, 0.2) is 47.2 Å². The summed E-state index contributed by atoms with van der Waals surface area (Å²) in [6.45, 7) is 0. The van der Waals surface area contributed by atoms with E-state index in [1.807, 2.05) is 35.0 Å². The first-order chi connectivity index (χ1) is 7.77. The van der Waals surface area contributed by atoms with Gasteiger partial charge in [-0.15, -0.1) is 0 Å². The lowest BCUT2D eigenvalue weighted by molar-refractivity contribution is -0.130. The monoisotopic (exact) mass is 230 g/mol. The Morgan fingerprint density at radius 2 is 1.94 bits per heavy atom. The number of rotatable bonds is 3. The largest absolute Gasteiger partial charge is 0.478 e. The van der Waals surface area contributed by atoms with Crippen LogP contribution in [0.3, 0.4) is 0 Å². The summed E-state index contributed by atoms with van der Waals surface area (Å²) in [6.07, 6.45) is 1.69. The number of hydrogen-bond acceptors (Lipinski definition) is 2. The van der Waals surface area contributed by atoms with Crippen molar-refractivity contribution in [2.45, 2.75) is 0 Å². The average Bonchev–Trinajstić information content (AvgIpc) is 2.79. The van der Waals surface area contributed by atoms with Crippen molar-refractivity contribution in [1.82, 2.24) is 0 Å². The summed E-state index contributed by atoms with van der Waals surface area (Å²) >= 11 is 1.55. The van der Waals surface area contributed by atoms with Gasteiger partial charge in [0.05, 0.1) is 5.57 Å². The van der Waals surface area contributed by atoms with Crippen LogP contribution in [-0.4, -0.2) is 11.1 Å². The molecule has 1 N–H and O–H groups in total. The van der Waals surface area contributed by atoms with Gasteiger partial charge < -0.3 is 5.11 Å². The molecule has 16 heavy (non-hydrogen) atoms. The molecule has 0 aliphatic rings. The van der Waals surface area contributed by atoms with E-state index >= 15 is 0 Å². The van der Waals surface area contributed by atoms with Crippen LogP contribution in [0.25, 0.3) is 11.6 Å². The van der Waals surface area contributed by atoms with Gasteiger partial charge in [0.2, 0.25) is 0 Å². The van der Waals surface area contributed by atoms with E-state index in [4.69, 9.17) is 5.11 Å². The van der Waals surface area contributed by atoms with Gasteiger partial charge in [-0.05, 0) is 34.0 Å². The highest BCUT2D eigenvalue weighted by molar-refractivity contribution is 7.08. The van der Waals surface area contributed by atoms with Gasteiger partial charge in [0.15, 0.2) is 0 Å². The first kappa shape index (κ1) is 10.6. The number of hydrogen-bond donors (Lipinski definition) is 1. The van der Waals surface area contributed by atoms with Crippen molar-refractivity contribution < 1.29 is 9.90 Å². The van der Waals surface area contributed by atoms with E-state index in [1.54, 1.807) is 29.5 Å². The summed E-state index contributed by atoms with van der Waals surface area (Å²) in [5, 5.41) is 13.0. The third kappa shape index (κ3) is 2.38.